The van der Waals surface area contributed by atoms with E-state index in [1.165, 1.54) is 5.56 Å². The van der Waals surface area contributed by atoms with Crippen LogP contribution in [0.15, 0.2) is 72.8 Å². The molecule has 0 unspecified atom stereocenters. The van der Waals surface area contributed by atoms with Crippen molar-refractivity contribution in [3.8, 4) is 0 Å². The van der Waals surface area contributed by atoms with Gasteiger partial charge >= 0.3 is 0 Å². The summed E-state index contributed by atoms with van der Waals surface area (Å²) in [4.78, 5) is 13.1. The molecule has 3 aromatic carbocycles. The molecule has 0 bridgehead atoms. The largest absolute Gasteiger partial charge is 0.342 e. The van der Waals surface area contributed by atoms with Gasteiger partial charge in [-0.1, -0.05) is 48.5 Å². The average molecular weight is 367 g/mol. The lowest BCUT2D eigenvalue weighted by Crippen LogP contribution is -2.06. The van der Waals surface area contributed by atoms with Gasteiger partial charge in [0.1, 0.15) is 11.6 Å². The Labute approximate surface area is 162 Å². The zero-order valence-corrected chi connectivity index (χ0v) is 15.5. The van der Waals surface area contributed by atoms with Crippen molar-refractivity contribution in [2.75, 3.05) is 0 Å². The summed E-state index contributed by atoms with van der Waals surface area (Å²) in [5.74, 6) is 1.91. The fraction of sp³-hybridized carbons (Fsp3) is 0.130. The summed E-state index contributed by atoms with van der Waals surface area (Å²) < 4.78 is 2.28. The van der Waals surface area contributed by atoms with Crippen molar-refractivity contribution in [1.29, 1.82) is 0 Å². The van der Waals surface area contributed by atoms with E-state index < -0.39 is 0 Å². The Morgan fingerprint density at radius 3 is 2.50 bits per heavy atom. The van der Waals surface area contributed by atoms with Crippen LogP contribution in [0.1, 0.15) is 22.8 Å². The summed E-state index contributed by atoms with van der Waals surface area (Å²) in [7, 11) is 0. The van der Waals surface area contributed by atoms with E-state index in [9.17, 15) is 0 Å². The SMILES string of the molecule is NCc1ccc2nc(Cc3nc4ccccc4n3Cc3ccccc3)[nH]c2c1. The Kier molecular flexibility index (Phi) is 4.14. The molecule has 0 radical (unpaired) electrons. The van der Waals surface area contributed by atoms with Crippen molar-refractivity contribution >= 4 is 22.1 Å². The molecule has 0 aliphatic carbocycles. The van der Waals surface area contributed by atoms with E-state index >= 15 is 0 Å². The number of nitrogens with two attached hydrogens (primary N) is 1. The van der Waals surface area contributed by atoms with Gasteiger partial charge in [-0.25, -0.2) is 9.97 Å². The van der Waals surface area contributed by atoms with E-state index in [-0.39, 0.29) is 0 Å². The molecule has 0 fully saturated rings. The molecule has 5 heteroatoms. The highest BCUT2D eigenvalue weighted by molar-refractivity contribution is 5.77. The third-order valence-corrected chi connectivity index (χ3v) is 5.07. The first kappa shape index (κ1) is 16.7. The first-order valence-electron chi connectivity index (χ1n) is 9.46. The summed E-state index contributed by atoms with van der Waals surface area (Å²) in [5.41, 5.74) is 12.2. The number of H-pyrrole nitrogens is 1. The molecular formula is C23H21N5. The van der Waals surface area contributed by atoms with Crippen LogP contribution < -0.4 is 5.73 Å². The summed E-state index contributed by atoms with van der Waals surface area (Å²) in [6, 6.07) is 24.9. The van der Waals surface area contributed by atoms with E-state index in [1.807, 2.05) is 24.3 Å². The molecule has 0 saturated carbocycles. The predicted octanol–water partition coefficient (Wildman–Crippen LogP) is 4.01. The number of fused-ring (bicyclic) bond motifs is 2. The third-order valence-electron chi connectivity index (χ3n) is 5.07. The molecule has 3 N–H and O–H groups in total. The van der Waals surface area contributed by atoms with Crippen molar-refractivity contribution in [1.82, 2.24) is 19.5 Å². The summed E-state index contributed by atoms with van der Waals surface area (Å²) >= 11 is 0. The van der Waals surface area contributed by atoms with Gasteiger partial charge in [0.05, 0.1) is 28.5 Å². The number of nitrogens with zero attached hydrogens (tertiary/aromatic N) is 3. The highest BCUT2D eigenvalue weighted by Gasteiger charge is 2.13. The molecule has 0 spiro atoms. The lowest BCUT2D eigenvalue weighted by molar-refractivity contribution is 0.752. The molecule has 5 nitrogen and oxygen atoms in total. The van der Waals surface area contributed by atoms with Gasteiger partial charge in [-0.05, 0) is 35.4 Å². The number of hydrogen-bond donors (Lipinski definition) is 2. The highest BCUT2D eigenvalue weighted by atomic mass is 15.1. The van der Waals surface area contributed by atoms with Crippen LogP contribution in [-0.4, -0.2) is 19.5 Å². The smallest absolute Gasteiger partial charge is 0.117 e. The Balaban J connectivity index is 1.55. The molecule has 0 saturated heterocycles. The highest BCUT2D eigenvalue weighted by Crippen LogP contribution is 2.21. The molecule has 2 aromatic heterocycles. The molecule has 5 rings (SSSR count). The molecule has 0 aliphatic heterocycles. The molecular weight excluding hydrogens is 346 g/mol. The first-order chi connectivity index (χ1) is 13.8. The number of hydrogen-bond acceptors (Lipinski definition) is 3. The van der Waals surface area contributed by atoms with Crippen LogP contribution in [0, 0.1) is 0 Å². The van der Waals surface area contributed by atoms with Crippen molar-refractivity contribution < 1.29 is 0 Å². The number of rotatable bonds is 5. The number of imidazole rings is 2. The minimum Gasteiger partial charge on any atom is -0.342 e. The Bertz CT molecular complexity index is 1250. The average Bonchev–Trinajstić information content (AvgIpc) is 3.29. The van der Waals surface area contributed by atoms with Crippen molar-refractivity contribution in [3.63, 3.8) is 0 Å². The lowest BCUT2D eigenvalue weighted by Gasteiger charge is -2.09. The van der Waals surface area contributed by atoms with Crippen LogP contribution >= 0.6 is 0 Å². The van der Waals surface area contributed by atoms with Crippen LogP contribution in [0.4, 0.5) is 0 Å². The number of para-hydroxylation sites is 2. The normalized spacial score (nSPS) is 11.5. The quantitative estimate of drug-likeness (QED) is 0.493. The molecule has 5 aromatic rings. The minimum atomic E-state index is 0.525. The van der Waals surface area contributed by atoms with Crippen LogP contribution in [-0.2, 0) is 19.5 Å². The van der Waals surface area contributed by atoms with E-state index in [4.69, 9.17) is 15.7 Å². The maximum absolute atomic E-state index is 5.76. The van der Waals surface area contributed by atoms with Crippen molar-refractivity contribution in [3.05, 3.63) is 95.6 Å². The second-order valence-electron chi connectivity index (χ2n) is 7.00. The fourth-order valence-electron chi connectivity index (χ4n) is 3.67. The molecule has 0 amide bonds. The van der Waals surface area contributed by atoms with Crippen LogP contribution in [0.2, 0.25) is 0 Å². The van der Waals surface area contributed by atoms with Gasteiger partial charge in [-0.15, -0.1) is 0 Å². The summed E-state index contributed by atoms with van der Waals surface area (Å²) in [5, 5.41) is 0. The second kappa shape index (κ2) is 6.94. The maximum atomic E-state index is 5.76. The predicted molar refractivity (Wildman–Crippen MR) is 112 cm³/mol. The number of aromatic amines is 1. The molecule has 0 atom stereocenters. The zero-order chi connectivity index (χ0) is 18.9. The monoisotopic (exact) mass is 367 g/mol. The lowest BCUT2D eigenvalue weighted by atomic mass is 10.2. The first-order valence-corrected chi connectivity index (χ1v) is 9.46. The molecule has 2 heterocycles. The minimum absolute atomic E-state index is 0.525. The molecule has 28 heavy (non-hydrogen) atoms. The van der Waals surface area contributed by atoms with Gasteiger partial charge in [-0.3, -0.25) is 0 Å². The fourth-order valence-corrected chi connectivity index (χ4v) is 3.67. The van der Waals surface area contributed by atoms with Gasteiger partial charge in [0.25, 0.3) is 0 Å². The Hall–Kier alpha value is -3.44. The number of nitrogens with one attached hydrogen (secondary N) is 1. The van der Waals surface area contributed by atoms with Crippen LogP contribution in [0.3, 0.4) is 0 Å². The van der Waals surface area contributed by atoms with Gasteiger partial charge in [0.2, 0.25) is 0 Å². The van der Waals surface area contributed by atoms with E-state index in [0.717, 1.165) is 45.8 Å². The summed E-state index contributed by atoms with van der Waals surface area (Å²) in [6.07, 6.45) is 0.647. The second-order valence-corrected chi connectivity index (χ2v) is 7.00. The Morgan fingerprint density at radius 1 is 0.821 bits per heavy atom. The van der Waals surface area contributed by atoms with Crippen molar-refractivity contribution in [2.24, 2.45) is 5.73 Å². The van der Waals surface area contributed by atoms with Gasteiger partial charge in [-0.2, -0.15) is 0 Å². The molecule has 0 aliphatic rings. The van der Waals surface area contributed by atoms with Crippen molar-refractivity contribution in [2.45, 2.75) is 19.5 Å². The van der Waals surface area contributed by atoms with E-state index in [1.54, 1.807) is 0 Å². The van der Waals surface area contributed by atoms with E-state index in [0.29, 0.717) is 13.0 Å². The van der Waals surface area contributed by atoms with Crippen LogP contribution in [0.25, 0.3) is 22.1 Å². The van der Waals surface area contributed by atoms with Gasteiger partial charge in [0, 0.05) is 13.1 Å². The zero-order valence-electron chi connectivity index (χ0n) is 15.5. The van der Waals surface area contributed by atoms with Crippen LogP contribution in [0.5, 0.6) is 0 Å². The number of benzene rings is 3. The topological polar surface area (TPSA) is 72.5 Å². The molecule has 138 valence electrons. The standard InChI is InChI=1S/C23H21N5/c24-14-17-10-11-18-20(12-17)26-22(25-18)13-23-27-19-8-4-5-9-21(19)28(23)15-16-6-2-1-3-7-16/h1-12H,13-15,24H2,(H,25,26). The maximum Gasteiger partial charge on any atom is 0.117 e. The number of aromatic nitrogens is 4. The van der Waals surface area contributed by atoms with E-state index in [2.05, 4.69) is 58.1 Å². The van der Waals surface area contributed by atoms with Gasteiger partial charge < -0.3 is 15.3 Å². The summed E-state index contributed by atoms with van der Waals surface area (Å²) in [6.45, 7) is 1.31. The van der Waals surface area contributed by atoms with Gasteiger partial charge in [0.15, 0.2) is 0 Å². The Morgan fingerprint density at radius 2 is 1.64 bits per heavy atom. The third kappa shape index (κ3) is 3.06.